The third-order valence-electron chi connectivity index (χ3n) is 5.42. The van der Waals surface area contributed by atoms with Crippen molar-refractivity contribution in [1.29, 1.82) is 5.26 Å². The second kappa shape index (κ2) is 10.2. The molecule has 182 valence electrons. The van der Waals surface area contributed by atoms with E-state index >= 15 is 4.39 Å². The maximum atomic E-state index is 15.3. The Morgan fingerprint density at radius 3 is 2.69 bits per heavy atom. The summed E-state index contributed by atoms with van der Waals surface area (Å²) in [7, 11) is 0. The number of aromatic nitrogens is 2. The molecule has 1 atom stereocenters. The van der Waals surface area contributed by atoms with Crippen molar-refractivity contribution < 1.29 is 23.0 Å². The number of ether oxygens (including phenoxy) is 3. The Morgan fingerprint density at radius 1 is 1.11 bits per heavy atom. The first kappa shape index (κ1) is 24.1. The fourth-order valence-electron chi connectivity index (χ4n) is 3.52. The third-order valence-corrected chi connectivity index (χ3v) is 5.94. The van der Waals surface area contributed by atoms with Crippen molar-refractivity contribution in [3.63, 3.8) is 0 Å². The number of hydrogen-bond donors (Lipinski definition) is 0. The molecular weight excluding hydrogens is 508 g/mol. The number of rotatable bonds is 8. The predicted molar refractivity (Wildman–Crippen MR) is 130 cm³/mol. The minimum absolute atomic E-state index is 0.0208. The lowest BCUT2D eigenvalue weighted by Crippen LogP contribution is -2.04. The van der Waals surface area contributed by atoms with Gasteiger partial charge in [0.05, 0.1) is 29.7 Å². The average molecular weight is 526 g/mol. The Hall–Kier alpha value is -3.64. The van der Waals surface area contributed by atoms with Crippen LogP contribution in [0.3, 0.4) is 0 Å². The van der Waals surface area contributed by atoms with E-state index in [4.69, 9.17) is 47.1 Å². The van der Waals surface area contributed by atoms with Crippen LogP contribution in [0.15, 0.2) is 52.9 Å². The van der Waals surface area contributed by atoms with Gasteiger partial charge in [-0.2, -0.15) is 5.26 Å². The largest absolute Gasteiger partial charge is 0.491 e. The van der Waals surface area contributed by atoms with Gasteiger partial charge in [-0.05, 0) is 55.0 Å². The molecule has 5 rings (SSSR count). The number of nitriles is 1. The number of aryl methyl sites for hydroxylation is 1. The lowest BCUT2D eigenvalue weighted by atomic mass is 10.1. The second-order valence-corrected chi connectivity index (χ2v) is 9.00. The summed E-state index contributed by atoms with van der Waals surface area (Å²) in [5.74, 6) is 0.570. The van der Waals surface area contributed by atoms with Gasteiger partial charge in [0.25, 0.3) is 0 Å². The van der Waals surface area contributed by atoms with Crippen LogP contribution >= 0.6 is 23.2 Å². The van der Waals surface area contributed by atoms with Crippen molar-refractivity contribution in [3.8, 4) is 34.8 Å². The highest BCUT2D eigenvalue weighted by Gasteiger charge is 2.23. The van der Waals surface area contributed by atoms with Gasteiger partial charge in [0.2, 0.25) is 11.8 Å². The normalized spacial score (nSPS) is 14.4. The van der Waals surface area contributed by atoms with E-state index < -0.39 is 5.82 Å². The standard InChI is InChI=1S/C26H18Cl2FN3O4/c1-14-6-18(33-12-20-13-34-20)3-4-21(14)26-32-31-23(36-26)9-16-2-5-22(28)25(24(16)29)35-19-8-15(11-30)7-17(27)10-19/h2-8,10,20H,9,12-13H2,1H3. The van der Waals surface area contributed by atoms with E-state index in [1.165, 1.54) is 30.3 Å². The van der Waals surface area contributed by atoms with Crippen LogP contribution in [0.2, 0.25) is 10.0 Å². The number of halogens is 3. The summed E-state index contributed by atoms with van der Waals surface area (Å²) >= 11 is 12.2. The molecule has 1 aromatic heterocycles. The highest BCUT2D eigenvalue weighted by Crippen LogP contribution is 2.36. The van der Waals surface area contributed by atoms with Crippen LogP contribution in [-0.2, 0) is 11.2 Å². The minimum Gasteiger partial charge on any atom is -0.491 e. The molecule has 0 spiro atoms. The highest BCUT2D eigenvalue weighted by atomic mass is 35.5. The van der Waals surface area contributed by atoms with Gasteiger partial charge in [0.15, 0.2) is 11.6 Å². The Balaban J connectivity index is 1.34. The molecule has 0 bridgehead atoms. The molecule has 0 aliphatic carbocycles. The van der Waals surface area contributed by atoms with Gasteiger partial charge in [0.1, 0.15) is 24.2 Å². The lowest BCUT2D eigenvalue weighted by Gasteiger charge is -2.12. The SMILES string of the molecule is Cc1cc(OCC2CO2)ccc1-c1nnc(Cc2ccc(Cl)c(Oc3cc(Cl)cc(C#N)c3)c2F)o1. The summed E-state index contributed by atoms with van der Waals surface area (Å²) in [4.78, 5) is 0. The fourth-order valence-corrected chi connectivity index (χ4v) is 3.93. The first-order chi connectivity index (χ1) is 17.4. The summed E-state index contributed by atoms with van der Waals surface area (Å²) in [6.45, 7) is 3.15. The zero-order valence-electron chi connectivity index (χ0n) is 18.9. The van der Waals surface area contributed by atoms with Gasteiger partial charge in [-0.25, -0.2) is 4.39 Å². The molecule has 3 aromatic carbocycles. The number of nitrogens with zero attached hydrogens (tertiary/aromatic N) is 3. The Bertz CT molecular complexity index is 1480. The van der Waals surface area contributed by atoms with Crippen molar-refractivity contribution in [2.75, 3.05) is 13.2 Å². The van der Waals surface area contributed by atoms with Crippen molar-refractivity contribution in [1.82, 2.24) is 10.2 Å². The summed E-state index contributed by atoms with van der Waals surface area (Å²) < 4.78 is 37.7. The zero-order chi connectivity index (χ0) is 25.2. The number of hydrogen-bond acceptors (Lipinski definition) is 7. The van der Waals surface area contributed by atoms with Crippen LogP contribution in [0.25, 0.3) is 11.5 Å². The monoisotopic (exact) mass is 525 g/mol. The quantitative estimate of drug-likeness (QED) is 0.241. The molecule has 2 heterocycles. The van der Waals surface area contributed by atoms with E-state index in [1.807, 2.05) is 31.2 Å². The minimum atomic E-state index is -0.682. The molecule has 1 unspecified atom stereocenters. The first-order valence-electron chi connectivity index (χ1n) is 10.9. The lowest BCUT2D eigenvalue weighted by molar-refractivity contribution is 0.263. The molecule has 10 heteroatoms. The summed E-state index contributed by atoms with van der Waals surface area (Å²) in [5.41, 5.74) is 2.16. The highest BCUT2D eigenvalue weighted by molar-refractivity contribution is 6.32. The van der Waals surface area contributed by atoms with Gasteiger partial charge in [-0.15, -0.1) is 10.2 Å². The van der Waals surface area contributed by atoms with Crippen molar-refractivity contribution in [2.24, 2.45) is 0 Å². The molecule has 0 amide bonds. The smallest absolute Gasteiger partial charge is 0.248 e. The van der Waals surface area contributed by atoms with E-state index in [0.29, 0.717) is 12.5 Å². The van der Waals surface area contributed by atoms with E-state index in [2.05, 4.69) is 10.2 Å². The van der Waals surface area contributed by atoms with Crippen LogP contribution in [0.1, 0.15) is 22.6 Å². The van der Waals surface area contributed by atoms with Crippen molar-refractivity contribution in [2.45, 2.75) is 19.4 Å². The molecule has 0 radical (unpaired) electrons. The van der Waals surface area contributed by atoms with Crippen LogP contribution in [0, 0.1) is 24.1 Å². The predicted octanol–water partition coefficient (Wildman–Crippen LogP) is 6.52. The molecule has 0 N–H and O–H groups in total. The molecule has 1 saturated heterocycles. The van der Waals surface area contributed by atoms with E-state index in [-0.39, 0.29) is 51.1 Å². The van der Waals surface area contributed by atoms with Gasteiger partial charge < -0.3 is 18.6 Å². The van der Waals surface area contributed by atoms with Crippen molar-refractivity contribution in [3.05, 3.63) is 87.0 Å². The maximum absolute atomic E-state index is 15.3. The molecule has 1 aliphatic heterocycles. The summed E-state index contributed by atoms with van der Waals surface area (Å²) in [6.07, 6.45) is 0.190. The Labute approximate surface area is 215 Å². The molecule has 1 fully saturated rings. The molecule has 7 nitrogen and oxygen atoms in total. The van der Waals surface area contributed by atoms with Crippen LogP contribution in [-0.4, -0.2) is 29.5 Å². The van der Waals surface area contributed by atoms with E-state index in [0.717, 1.165) is 23.5 Å². The Morgan fingerprint density at radius 2 is 1.94 bits per heavy atom. The molecule has 36 heavy (non-hydrogen) atoms. The van der Waals surface area contributed by atoms with Gasteiger partial charge in [0, 0.05) is 16.1 Å². The van der Waals surface area contributed by atoms with E-state index in [1.54, 1.807) is 0 Å². The number of benzene rings is 3. The molecule has 0 saturated carbocycles. The second-order valence-electron chi connectivity index (χ2n) is 8.16. The van der Waals surface area contributed by atoms with Crippen molar-refractivity contribution >= 4 is 23.2 Å². The van der Waals surface area contributed by atoms with Gasteiger partial charge in [-0.3, -0.25) is 0 Å². The first-order valence-corrected chi connectivity index (χ1v) is 11.7. The van der Waals surface area contributed by atoms with E-state index in [9.17, 15) is 0 Å². The topological polar surface area (TPSA) is 93.7 Å². The van der Waals surface area contributed by atoms with Crippen LogP contribution < -0.4 is 9.47 Å². The van der Waals surface area contributed by atoms with Gasteiger partial charge in [-0.1, -0.05) is 29.3 Å². The molecular formula is C26H18Cl2FN3O4. The third kappa shape index (κ3) is 5.44. The number of epoxide rings is 1. The maximum Gasteiger partial charge on any atom is 0.248 e. The summed E-state index contributed by atoms with van der Waals surface area (Å²) in [5, 5.41) is 17.7. The summed E-state index contributed by atoms with van der Waals surface area (Å²) in [6, 6.07) is 14.9. The fraction of sp³-hybridized carbons (Fsp3) is 0.192. The van der Waals surface area contributed by atoms with Crippen LogP contribution in [0.4, 0.5) is 4.39 Å². The Kier molecular flexibility index (Phi) is 6.79. The average Bonchev–Trinajstić information content (AvgIpc) is 3.58. The molecule has 4 aromatic rings. The zero-order valence-corrected chi connectivity index (χ0v) is 20.4. The van der Waals surface area contributed by atoms with Crippen LogP contribution in [0.5, 0.6) is 17.2 Å². The van der Waals surface area contributed by atoms with Gasteiger partial charge >= 0.3 is 0 Å². The molecule has 1 aliphatic rings.